The van der Waals surface area contributed by atoms with Crippen molar-refractivity contribution in [3.05, 3.63) is 35.9 Å². The maximum atomic E-state index is 12.2. The first-order valence-corrected chi connectivity index (χ1v) is 6.83. The van der Waals surface area contributed by atoms with E-state index >= 15 is 0 Å². The normalized spacial score (nSPS) is 12.1. The quantitative estimate of drug-likeness (QED) is 0.783. The third-order valence-electron chi connectivity index (χ3n) is 3.17. The van der Waals surface area contributed by atoms with E-state index in [-0.39, 0.29) is 18.4 Å². The van der Waals surface area contributed by atoms with Gasteiger partial charge in [-0.1, -0.05) is 18.2 Å². The Morgan fingerprint density at radius 1 is 1.38 bits per heavy atom. The number of carbonyl (C=O) groups is 2. The molecule has 0 aliphatic heterocycles. The van der Waals surface area contributed by atoms with E-state index in [0.717, 1.165) is 5.56 Å². The fourth-order valence-corrected chi connectivity index (χ4v) is 2.11. The van der Waals surface area contributed by atoms with Crippen LogP contribution in [0.1, 0.15) is 25.8 Å². The van der Waals surface area contributed by atoms with Crippen LogP contribution >= 0.6 is 0 Å². The molecule has 1 aromatic rings. The van der Waals surface area contributed by atoms with Crippen molar-refractivity contribution in [2.75, 3.05) is 13.7 Å². The highest BCUT2D eigenvalue weighted by Crippen LogP contribution is 2.19. The SMILES string of the molecule is CCN(C(=O)C=Cc1ccccc1OC)C(C)CC(=O)O. The molecule has 1 amide bonds. The first-order valence-electron chi connectivity index (χ1n) is 6.83. The van der Waals surface area contributed by atoms with Gasteiger partial charge in [0.2, 0.25) is 5.91 Å². The van der Waals surface area contributed by atoms with Gasteiger partial charge in [-0.05, 0) is 26.0 Å². The molecule has 21 heavy (non-hydrogen) atoms. The summed E-state index contributed by atoms with van der Waals surface area (Å²) in [7, 11) is 1.57. The number of rotatable bonds is 7. The number of carbonyl (C=O) groups excluding carboxylic acids is 1. The zero-order chi connectivity index (χ0) is 15.8. The zero-order valence-electron chi connectivity index (χ0n) is 12.6. The van der Waals surface area contributed by atoms with Crippen LogP contribution in [0.4, 0.5) is 0 Å². The molecule has 0 aromatic heterocycles. The lowest BCUT2D eigenvalue weighted by atomic mass is 10.1. The van der Waals surface area contributed by atoms with Crippen LogP contribution < -0.4 is 4.74 Å². The highest BCUT2D eigenvalue weighted by Gasteiger charge is 2.18. The Morgan fingerprint density at radius 3 is 2.62 bits per heavy atom. The summed E-state index contributed by atoms with van der Waals surface area (Å²) in [6.07, 6.45) is 3.05. The van der Waals surface area contributed by atoms with Crippen LogP contribution in [0, 0.1) is 0 Å². The number of amides is 1. The summed E-state index contributed by atoms with van der Waals surface area (Å²) in [5.74, 6) is -0.442. The van der Waals surface area contributed by atoms with Crippen molar-refractivity contribution in [1.29, 1.82) is 0 Å². The van der Waals surface area contributed by atoms with E-state index in [1.807, 2.05) is 31.2 Å². The second kappa shape index (κ2) is 8.09. The van der Waals surface area contributed by atoms with Gasteiger partial charge in [-0.25, -0.2) is 0 Å². The Balaban J connectivity index is 2.82. The first kappa shape index (κ1) is 16.8. The highest BCUT2D eigenvalue weighted by atomic mass is 16.5. The number of methoxy groups -OCH3 is 1. The van der Waals surface area contributed by atoms with Crippen LogP contribution in [-0.4, -0.2) is 41.6 Å². The standard InChI is InChI=1S/C16H21NO4/c1-4-17(12(2)11-16(19)20)15(18)10-9-13-7-5-6-8-14(13)21-3/h5-10,12H,4,11H2,1-3H3,(H,19,20). The van der Waals surface area contributed by atoms with E-state index in [1.165, 1.54) is 11.0 Å². The average molecular weight is 291 g/mol. The lowest BCUT2D eigenvalue weighted by Gasteiger charge is -2.25. The molecule has 1 aromatic carbocycles. The van der Waals surface area contributed by atoms with E-state index in [0.29, 0.717) is 12.3 Å². The number of hydrogen-bond acceptors (Lipinski definition) is 3. The minimum atomic E-state index is -0.914. The summed E-state index contributed by atoms with van der Waals surface area (Å²) in [6, 6.07) is 7.03. The van der Waals surface area contributed by atoms with Crippen molar-refractivity contribution in [1.82, 2.24) is 4.90 Å². The van der Waals surface area contributed by atoms with Gasteiger partial charge in [0.25, 0.3) is 0 Å². The first-order chi connectivity index (χ1) is 9.99. The Bertz CT molecular complexity index is 525. The van der Waals surface area contributed by atoms with E-state index < -0.39 is 5.97 Å². The molecular weight excluding hydrogens is 270 g/mol. The van der Waals surface area contributed by atoms with E-state index in [9.17, 15) is 9.59 Å². The summed E-state index contributed by atoms with van der Waals surface area (Å²) in [4.78, 5) is 24.4. The van der Waals surface area contributed by atoms with Gasteiger partial charge >= 0.3 is 5.97 Å². The molecular formula is C16H21NO4. The Labute approximate surface area is 124 Å². The number of carboxylic acids is 1. The fourth-order valence-electron chi connectivity index (χ4n) is 2.11. The monoisotopic (exact) mass is 291 g/mol. The number of ether oxygens (including phenoxy) is 1. The second-order valence-corrected chi connectivity index (χ2v) is 4.65. The van der Waals surface area contributed by atoms with Crippen LogP contribution in [-0.2, 0) is 9.59 Å². The Morgan fingerprint density at radius 2 is 2.05 bits per heavy atom. The summed E-state index contributed by atoms with van der Waals surface area (Å²) in [6.45, 7) is 4.02. The predicted molar refractivity (Wildman–Crippen MR) is 81.1 cm³/mol. The predicted octanol–water partition coefficient (Wildman–Crippen LogP) is 2.42. The van der Waals surface area contributed by atoms with Crippen molar-refractivity contribution in [3.63, 3.8) is 0 Å². The van der Waals surface area contributed by atoms with Crippen LogP contribution in [0.3, 0.4) is 0 Å². The van der Waals surface area contributed by atoms with Crippen molar-refractivity contribution in [2.24, 2.45) is 0 Å². The molecule has 0 spiro atoms. The molecule has 0 heterocycles. The Hall–Kier alpha value is -2.30. The molecule has 0 fully saturated rings. The highest BCUT2D eigenvalue weighted by molar-refractivity contribution is 5.92. The van der Waals surface area contributed by atoms with Gasteiger partial charge in [-0.2, -0.15) is 0 Å². The molecule has 1 N–H and O–H groups in total. The zero-order valence-corrected chi connectivity index (χ0v) is 12.6. The van der Waals surface area contributed by atoms with Crippen LogP contribution in [0.2, 0.25) is 0 Å². The number of benzene rings is 1. The van der Waals surface area contributed by atoms with Crippen molar-refractivity contribution in [2.45, 2.75) is 26.3 Å². The van der Waals surface area contributed by atoms with Gasteiger partial charge in [0, 0.05) is 24.2 Å². The van der Waals surface area contributed by atoms with Crippen molar-refractivity contribution >= 4 is 18.0 Å². The summed E-state index contributed by atoms with van der Waals surface area (Å²) in [5.41, 5.74) is 0.801. The molecule has 1 rings (SSSR count). The number of likely N-dealkylation sites (N-methyl/N-ethyl adjacent to an activating group) is 1. The average Bonchev–Trinajstić information content (AvgIpc) is 2.45. The van der Waals surface area contributed by atoms with Gasteiger partial charge in [-0.15, -0.1) is 0 Å². The molecule has 1 unspecified atom stereocenters. The van der Waals surface area contributed by atoms with E-state index in [4.69, 9.17) is 9.84 Å². The molecule has 1 atom stereocenters. The van der Waals surface area contributed by atoms with Crippen molar-refractivity contribution < 1.29 is 19.4 Å². The third-order valence-corrected chi connectivity index (χ3v) is 3.17. The van der Waals surface area contributed by atoms with Gasteiger partial charge in [-0.3, -0.25) is 9.59 Å². The Kier molecular flexibility index (Phi) is 6.46. The van der Waals surface area contributed by atoms with Crippen LogP contribution in [0.5, 0.6) is 5.75 Å². The summed E-state index contributed by atoms with van der Waals surface area (Å²) >= 11 is 0. The largest absolute Gasteiger partial charge is 0.496 e. The lowest BCUT2D eigenvalue weighted by Crippen LogP contribution is -2.38. The third kappa shape index (κ3) is 4.95. The molecule has 0 aliphatic carbocycles. The molecule has 0 radical (unpaired) electrons. The molecule has 0 saturated carbocycles. The molecule has 5 heteroatoms. The maximum absolute atomic E-state index is 12.2. The van der Waals surface area contributed by atoms with E-state index in [1.54, 1.807) is 20.1 Å². The topological polar surface area (TPSA) is 66.8 Å². The molecule has 0 bridgehead atoms. The second-order valence-electron chi connectivity index (χ2n) is 4.65. The van der Waals surface area contributed by atoms with E-state index in [2.05, 4.69) is 0 Å². The number of nitrogens with zero attached hydrogens (tertiary/aromatic N) is 1. The van der Waals surface area contributed by atoms with Crippen LogP contribution in [0.25, 0.3) is 6.08 Å². The van der Waals surface area contributed by atoms with Gasteiger partial charge < -0.3 is 14.7 Å². The molecule has 0 saturated heterocycles. The molecule has 114 valence electrons. The van der Waals surface area contributed by atoms with Crippen molar-refractivity contribution in [3.8, 4) is 5.75 Å². The van der Waals surface area contributed by atoms with Gasteiger partial charge in [0.15, 0.2) is 0 Å². The minimum Gasteiger partial charge on any atom is -0.496 e. The number of hydrogen-bond donors (Lipinski definition) is 1. The minimum absolute atomic E-state index is 0.0674. The number of aliphatic carboxylic acids is 1. The van der Waals surface area contributed by atoms with Crippen LogP contribution in [0.15, 0.2) is 30.3 Å². The summed E-state index contributed by atoms with van der Waals surface area (Å²) < 4.78 is 5.21. The lowest BCUT2D eigenvalue weighted by molar-refractivity contribution is -0.139. The van der Waals surface area contributed by atoms with Gasteiger partial charge in [0.1, 0.15) is 5.75 Å². The fraction of sp³-hybridized carbons (Fsp3) is 0.375. The molecule has 5 nitrogen and oxygen atoms in total. The molecule has 0 aliphatic rings. The van der Waals surface area contributed by atoms with Gasteiger partial charge in [0.05, 0.1) is 13.5 Å². The smallest absolute Gasteiger partial charge is 0.305 e. The maximum Gasteiger partial charge on any atom is 0.305 e. The summed E-state index contributed by atoms with van der Waals surface area (Å²) in [5, 5.41) is 8.81. The number of carboxylic acid groups (broad SMARTS) is 1. The number of para-hydroxylation sites is 1.